The maximum atomic E-state index is 3.40. The summed E-state index contributed by atoms with van der Waals surface area (Å²) in [4.78, 5) is 0. The Balaban J connectivity index is 2.55. The van der Waals surface area contributed by atoms with Gasteiger partial charge >= 0.3 is 0 Å². The van der Waals surface area contributed by atoms with Gasteiger partial charge in [0.15, 0.2) is 0 Å². The second-order valence-electron chi connectivity index (χ2n) is 5.37. The van der Waals surface area contributed by atoms with Crippen molar-refractivity contribution < 1.29 is 0 Å². The van der Waals surface area contributed by atoms with Gasteiger partial charge in [0.25, 0.3) is 0 Å². The number of aryl methyl sites for hydroxylation is 1. The zero-order valence-corrected chi connectivity index (χ0v) is 11.1. The highest BCUT2D eigenvalue weighted by Crippen LogP contribution is 2.26. The van der Waals surface area contributed by atoms with Crippen molar-refractivity contribution in [1.82, 2.24) is 5.32 Å². The van der Waals surface area contributed by atoms with E-state index in [1.807, 2.05) is 0 Å². The molecule has 0 radical (unpaired) electrons. The molecule has 1 aromatic carbocycles. The summed E-state index contributed by atoms with van der Waals surface area (Å²) >= 11 is 0. The van der Waals surface area contributed by atoms with E-state index in [2.05, 4.69) is 57.3 Å². The molecule has 1 rings (SSSR count). The molecule has 1 aromatic rings. The van der Waals surface area contributed by atoms with Gasteiger partial charge in [0.2, 0.25) is 0 Å². The van der Waals surface area contributed by atoms with Crippen molar-refractivity contribution in [2.75, 3.05) is 13.1 Å². The third kappa shape index (κ3) is 4.36. The van der Waals surface area contributed by atoms with Crippen LogP contribution in [0.1, 0.15) is 38.3 Å². The number of hydrogen-bond donors (Lipinski definition) is 1. The van der Waals surface area contributed by atoms with Crippen LogP contribution in [0.3, 0.4) is 0 Å². The molecule has 0 aliphatic carbocycles. The minimum Gasteiger partial charge on any atom is -0.317 e. The summed E-state index contributed by atoms with van der Waals surface area (Å²) < 4.78 is 0. The van der Waals surface area contributed by atoms with Crippen molar-refractivity contribution in [2.24, 2.45) is 5.41 Å². The van der Waals surface area contributed by atoms with Crippen LogP contribution in [-0.2, 0) is 6.42 Å². The van der Waals surface area contributed by atoms with Crippen LogP contribution >= 0.6 is 0 Å². The topological polar surface area (TPSA) is 12.0 Å². The molecule has 0 spiro atoms. The van der Waals surface area contributed by atoms with Gasteiger partial charge in [-0.2, -0.15) is 0 Å². The van der Waals surface area contributed by atoms with E-state index in [-0.39, 0.29) is 0 Å². The highest BCUT2D eigenvalue weighted by molar-refractivity contribution is 5.26. The minimum atomic E-state index is 0.383. The van der Waals surface area contributed by atoms with E-state index >= 15 is 0 Å². The van der Waals surface area contributed by atoms with E-state index in [1.165, 1.54) is 24.0 Å². The van der Waals surface area contributed by atoms with Crippen LogP contribution < -0.4 is 5.32 Å². The first-order valence-electron chi connectivity index (χ1n) is 6.30. The summed E-state index contributed by atoms with van der Waals surface area (Å²) in [7, 11) is 0. The van der Waals surface area contributed by atoms with Crippen molar-refractivity contribution in [2.45, 2.75) is 40.5 Å². The smallest absolute Gasteiger partial charge is 0.00438 e. The quantitative estimate of drug-likeness (QED) is 0.721. The third-order valence-corrected chi connectivity index (χ3v) is 3.16. The van der Waals surface area contributed by atoms with E-state index in [0.29, 0.717) is 5.41 Å². The maximum Gasteiger partial charge on any atom is -0.00438 e. The average molecular weight is 219 g/mol. The Labute approximate surface area is 100 Å². The maximum absolute atomic E-state index is 3.40. The van der Waals surface area contributed by atoms with Crippen LogP contribution in [0.4, 0.5) is 0 Å². The van der Waals surface area contributed by atoms with Gasteiger partial charge in [-0.3, -0.25) is 0 Å². The Morgan fingerprint density at radius 3 is 2.50 bits per heavy atom. The van der Waals surface area contributed by atoms with Crippen LogP contribution in [0, 0.1) is 12.3 Å². The predicted molar refractivity (Wildman–Crippen MR) is 71.8 cm³/mol. The molecule has 1 nitrogen and oxygen atoms in total. The Morgan fingerprint density at radius 1 is 1.19 bits per heavy atom. The second-order valence-corrected chi connectivity index (χ2v) is 5.37. The van der Waals surface area contributed by atoms with Crippen molar-refractivity contribution in [3.63, 3.8) is 0 Å². The van der Waals surface area contributed by atoms with Gasteiger partial charge < -0.3 is 5.32 Å². The molecule has 0 fully saturated rings. The first-order chi connectivity index (χ1) is 7.55. The van der Waals surface area contributed by atoms with Gasteiger partial charge in [-0.1, -0.05) is 45.0 Å². The third-order valence-electron chi connectivity index (χ3n) is 3.16. The Morgan fingerprint density at radius 2 is 1.88 bits per heavy atom. The Hall–Kier alpha value is -0.820. The average Bonchev–Trinajstić information content (AvgIpc) is 2.21. The van der Waals surface area contributed by atoms with Crippen molar-refractivity contribution >= 4 is 0 Å². The second kappa shape index (κ2) is 6.05. The molecule has 0 heterocycles. The number of nitrogens with one attached hydrogen (secondary N) is 1. The fourth-order valence-electron chi connectivity index (χ4n) is 2.02. The van der Waals surface area contributed by atoms with Crippen molar-refractivity contribution in [3.8, 4) is 0 Å². The summed E-state index contributed by atoms with van der Waals surface area (Å²) in [5.74, 6) is 0. The van der Waals surface area contributed by atoms with Crippen molar-refractivity contribution in [3.05, 3.63) is 35.4 Å². The molecular formula is C15H25N. The SMILES string of the molecule is CCNCCC(C)(C)Cc1ccccc1C. The van der Waals surface area contributed by atoms with Crippen LogP contribution in [0.15, 0.2) is 24.3 Å². The van der Waals surface area contributed by atoms with Gasteiger partial charge in [0, 0.05) is 0 Å². The zero-order valence-electron chi connectivity index (χ0n) is 11.1. The molecule has 0 saturated carbocycles. The molecule has 0 unspecified atom stereocenters. The molecular weight excluding hydrogens is 194 g/mol. The summed E-state index contributed by atoms with van der Waals surface area (Å²) in [6.45, 7) is 11.3. The lowest BCUT2D eigenvalue weighted by atomic mass is 9.81. The van der Waals surface area contributed by atoms with E-state index in [1.54, 1.807) is 0 Å². The molecule has 0 bridgehead atoms. The van der Waals surface area contributed by atoms with Crippen LogP contribution in [0.5, 0.6) is 0 Å². The summed E-state index contributed by atoms with van der Waals surface area (Å²) in [6, 6.07) is 8.72. The zero-order chi connectivity index (χ0) is 12.0. The molecule has 1 N–H and O–H groups in total. The Kier molecular flexibility index (Phi) is 5.01. The van der Waals surface area contributed by atoms with Crippen LogP contribution in [0.2, 0.25) is 0 Å². The molecule has 0 aliphatic rings. The normalized spacial score (nSPS) is 11.8. The van der Waals surface area contributed by atoms with E-state index in [0.717, 1.165) is 13.1 Å². The van der Waals surface area contributed by atoms with Crippen LogP contribution in [-0.4, -0.2) is 13.1 Å². The summed E-state index contributed by atoms with van der Waals surface area (Å²) in [5, 5.41) is 3.40. The largest absolute Gasteiger partial charge is 0.317 e. The first kappa shape index (κ1) is 13.2. The van der Waals surface area contributed by atoms with E-state index < -0.39 is 0 Å². The minimum absolute atomic E-state index is 0.383. The van der Waals surface area contributed by atoms with Crippen molar-refractivity contribution in [1.29, 1.82) is 0 Å². The molecule has 90 valence electrons. The molecule has 0 amide bonds. The summed E-state index contributed by atoms with van der Waals surface area (Å²) in [5.41, 5.74) is 3.29. The molecule has 16 heavy (non-hydrogen) atoms. The lowest BCUT2D eigenvalue weighted by molar-refractivity contribution is 0.326. The molecule has 0 atom stereocenters. The number of benzene rings is 1. The predicted octanol–water partition coefficient (Wildman–Crippen LogP) is 3.56. The lowest BCUT2D eigenvalue weighted by Crippen LogP contribution is -2.24. The van der Waals surface area contributed by atoms with Gasteiger partial charge in [0.1, 0.15) is 0 Å². The molecule has 0 aliphatic heterocycles. The van der Waals surface area contributed by atoms with Gasteiger partial charge in [-0.05, 0) is 49.4 Å². The molecule has 0 saturated heterocycles. The van der Waals surface area contributed by atoms with Crippen LogP contribution in [0.25, 0.3) is 0 Å². The lowest BCUT2D eigenvalue weighted by Gasteiger charge is -2.25. The highest BCUT2D eigenvalue weighted by Gasteiger charge is 2.18. The molecule has 1 heteroatoms. The molecule has 0 aromatic heterocycles. The van der Waals surface area contributed by atoms with Gasteiger partial charge in [0.05, 0.1) is 0 Å². The summed E-state index contributed by atoms with van der Waals surface area (Å²) in [6.07, 6.45) is 2.40. The fraction of sp³-hybridized carbons (Fsp3) is 0.600. The fourth-order valence-corrected chi connectivity index (χ4v) is 2.02. The number of hydrogen-bond acceptors (Lipinski definition) is 1. The van der Waals surface area contributed by atoms with Gasteiger partial charge in [-0.25, -0.2) is 0 Å². The van der Waals surface area contributed by atoms with E-state index in [9.17, 15) is 0 Å². The Bertz CT molecular complexity index is 315. The first-order valence-corrected chi connectivity index (χ1v) is 6.30. The number of rotatable bonds is 6. The monoisotopic (exact) mass is 219 g/mol. The highest BCUT2D eigenvalue weighted by atomic mass is 14.8. The van der Waals surface area contributed by atoms with E-state index in [4.69, 9.17) is 0 Å². The standard InChI is InChI=1S/C15H25N/c1-5-16-11-10-15(3,4)12-14-9-7-6-8-13(14)2/h6-9,16H,5,10-12H2,1-4H3. The van der Waals surface area contributed by atoms with Gasteiger partial charge in [-0.15, -0.1) is 0 Å².